The van der Waals surface area contributed by atoms with Gasteiger partial charge in [-0.05, 0) is 32.2 Å². The van der Waals surface area contributed by atoms with Gasteiger partial charge in [-0.1, -0.05) is 6.92 Å². The summed E-state index contributed by atoms with van der Waals surface area (Å²) in [6, 6.07) is 0.303. The summed E-state index contributed by atoms with van der Waals surface area (Å²) in [7, 11) is 2.14. The molecule has 2 unspecified atom stereocenters. The maximum Gasteiger partial charge on any atom is 0.321 e. The number of carbonyl (C=O) groups is 1. The van der Waals surface area contributed by atoms with Gasteiger partial charge in [0.2, 0.25) is 0 Å². The van der Waals surface area contributed by atoms with E-state index >= 15 is 0 Å². The molecular formula is C12H22N2O2. The lowest BCUT2D eigenvalue weighted by molar-refractivity contribution is -0.145. The predicted octanol–water partition coefficient (Wildman–Crippen LogP) is 0.876. The average molecular weight is 226 g/mol. The Kier molecular flexibility index (Phi) is 3.50. The van der Waals surface area contributed by atoms with E-state index < -0.39 is 5.97 Å². The van der Waals surface area contributed by atoms with Crippen molar-refractivity contribution in [3.8, 4) is 0 Å². The number of carboxylic acid groups (broad SMARTS) is 1. The fourth-order valence-electron chi connectivity index (χ4n) is 2.73. The molecule has 0 aromatic rings. The van der Waals surface area contributed by atoms with Crippen LogP contribution in [0.5, 0.6) is 0 Å². The third-order valence-corrected chi connectivity index (χ3v) is 3.99. The smallest absolute Gasteiger partial charge is 0.321 e. The van der Waals surface area contributed by atoms with Crippen LogP contribution in [-0.2, 0) is 4.79 Å². The zero-order valence-corrected chi connectivity index (χ0v) is 10.2. The minimum Gasteiger partial charge on any atom is -0.480 e. The Labute approximate surface area is 97.2 Å². The van der Waals surface area contributed by atoms with Crippen LogP contribution in [0.1, 0.15) is 26.2 Å². The Hall–Kier alpha value is -0.610. The van der Waals surface area contributed by atoms with Crippen molar-refractivity contribution in [1.29, 1.82) is 0 Å². The normalized spacial score (nSPS) is 30.2. The first-order valence-electron chi connectivity index (χ1n) is 6.30. The van der Waals surface area contributed by atoms with Crippen molar-refractivity contribution in [3.05, 3.63) is 0 Å². The molecular weight excluding hydrogens is 204 g/mol. The van der Waals surface area contributed by atoms with Crippen molar-refractivity contribution in [2.24, 2.45) is 5.92 Å². The largest absolute Gasteiger partial charge is 0.480 e. The lowest BCUT2D eigenvalue weighted by atomic mass is 10.1. The number of likely N-dealkylation sites (N-methyl/N-ethyl adjacent to an activating group) is 1. The Morgan fingerprint density at radius 1 is 1.44 bits per heavy atom. The van der Waals surface area contributed by atoms with Gasteiger partial charge in [0, 0.05) is 25.7 Å². The van der Waals surface area contributed by atoms with Crippen molar-refractivity contribution in [3.63, 3.8) is 0 Å². The molecule has 1 saturated carbocycles. The van der Waals surface area contributed by atoms with Crippen molar-refractivity contribution >= 4 is 5.97 Å². The van der Waals surface area contributed by atoms with Crippen molar-refractivity contribution < 1.29 is 9.90 Å². The first kappa shape index (κ1) is 11.9. The molecule has 1 aliphatic carbocycles. The van der Waals surface area contributed by atoms with Gasteiger partial charge >= 0.3 is 5.97 Å². The van der Waals surface area contributed by atoms with Gasteiger partial charge in [-0.3, -0.25) is 9.69 Å². The third-order valence-electron chi connectivity index (χ3n) is 3.99. The number of nitrogens with zero attached hydrogens (tertiary/aromatic N) is 2. The maximum atomic E-state index is 11.3. The van der Waals surface area contributed by atoms with Crippen molar-refractivity contribution in [2.75, 3.05) is 26.7 Å². The molecule has 4 heteroatoms. The SMILES string of the molecule is CCC1CN(C(C(=O)O)C2CC2)CCN1C. The van der Waals surface area contributed by atoms with Crippen LogP contribution in [0, 0.1) is 5.92 Å². The van der Waals surface area contributed by atoms with Crippen LogP contribution in [0.2, 0.25) is 0 Å². The number of hydrogen-bond donors (Lipinski definition) is 1. The molecule has 0 amide bonds. The Bertz CT molecular complexity index is 266. The molecule has 2 atom stereocenters. The standard InChI is InChI=1S/C12H22N2O2/c1-3-10-8-14(7-6-13(10)2)11(12(15)16)9-4-5-9/h9-11H,3-8H2,1-2H3,(H,15,16). The molecule has 0 aromatic heterocycles. The van der Waals surface area contributed by atoms with Gasteiger partial charge in [0.05, 0.1) is 0 Å². The van der Waals surface area contributed by atoms with Gasteiger partial charge in [0.15, 0.2) is 0 Å². The first-order valence-corrected chi connectivity index (χ1v) is 6.30. The van der Waals surface area contributed by atoms with E-state index in [0.29, 0.717) is 12.0 Å². The fraction of sp³-hybridized carbons (Fsp3) is 0.917. The number of piperazine rings is 1. The fourth-order valence-corrected chi connectivity index (χ4v) is 2.73. The van der Waals surface area contributed by atoms with E-state index in [4.69, 9.17) is 0 Å². The molecule has 92 valence electrons. The highest BCUT2D eigenvalue weighted by Crippen LogP contribution is 2.36. The zero-order chi connectivity index (χ0) is 11.7. The van der Waals surface area contributed by atoms with Crippen LogP contribution >= 0.6 is 0 Å². The molecule has 0 radical (unpaired) electrons. The molecule has 1 heterocycles. The topological polar surface area (TPSA) is 43.8 Å². The number of carboxylic acids is 1. The van der Waals surface area contributed by atoms with Crippen LogP contribution in [-0.4, -0.2) is 59.6 Å². The summed E-state index contributed by atoms with van der Waals surface area (Å²) in [5, 5.41) is 9.31. The minimum atomic E-state index is -0.623. The average Bonchev–Trinajstić information content (AvgIpc) is 3.04. The summed E-state index contributed by atoms with van der Waals surface area (Å²) in [5.41, 5.74) is 0. The van der Waals surface area contributed by atoms with Gasteiger partial charge < -0.3 is 10.0 Å². The van der Waals surface area contributed by atoms with E-state index in [1.807, 2.05) is 0 Å². The molecule has 16 heavy (non-hydrogen) atoms. The lowest BCUT2D eigenvalue weighted by Crippen LogP contribution is -2.56. The van der Waals surface area contributed by atoms with Crippen LogP contribution < -0.4 is 0 Å². The van der Waals surface area contributed by atoms with Crippen LogP contribution in [0.4, 0.5) is 0 Å². The van der Waals surface area contributed by atoms with E-state index in [9.17, 15) is 9.90 Å². The Morgan fingerprint density at radius 2 is 2.12 bits per heavy atom. The summed E-state index contributed by atoms with van der Waals surface area (Å²) in [4.78, 5) is 15.8. The number of rotatable bonds is 4. The van der Waals surface area contributed by atoms with Crippen LogP contribution in [0.3, 0.4) is 0 Å². The van der Waals surface area contributed by atoms with Gasteiger partial charge in [0.25, 0.3) is 0 Å². The minimum absolute atomic E-state index is 0.220. The zero-order valence-electron chi connectivity index (χ0n) is 10.2. The highest BCUT2D eigenvalue weighted by Gasteiger charge is 2.42. The molecule has 1 N–H and O–H groups in total. The predicted molar refractivity (Wildman–Crippen MR) is 62.4 cm³/mol. The second-order valence-corrected chi connectivity index (χ2v) is 5.16. The second kappa shape index (κ2) is 4.72. The van der Waals surface area contributed by atoms with E-state index in [2.05, 4.69) is 23.8 Å². The highest BCUT2D eigenvalue weighted by molar-refractivity contribution is 5.74. The molecule has 2 rings (SSSR count). The molecule has 1 saturated heterocycles. The lowest BCUT2D eigenvalue weighted by Gasteiger charge is -2.41. The van der Waals surface area contributed by atoms with Gasteiger partial charge in [-0.15, -0.1) is 0 Å². The summed E-state index contributed by atoms with van der Waals surface area (Å²) < 4.78 is 0. The molecule has 2 aliphatic rings. The molecule has 0 aromatic carbocycles. The molecule has 1 aliphatic heterocycles. The summed E-state index contributed by atoms with van der Waals surface area (Å²) >= 11 is 0. The third kappa shape index (κ3) is 2.38. The van der Waals surface area contributed by atoms with E-state index in [1.165, 1.54) is 0 Å². The Balaban J connectivity index is 2.00. The van der Waals surface area contributed by atoms with Gasteiger partial charge in [-0.25, -0.2) is 0 Å². The van der Waals surface area contributed by atoms with Crippen LogP contribution in [0.25, 0.3) is 0 Å². The summed E-state index contributed by atoms with van der Waals surface area (Å²) in [5.74, 6) is -0.208. The number of aliphatic carboxylic acids is 1. The summed E-state index contributed by atoms with van der Waals surface area (Å²) in [6.07, 6.45) is 3.30. The molecule has 0 spiro atoms. The van der Waals surface area contributed by atoms with Gasteiger partial charge in [0.1, 0.15) is 6.04 Å². The summed E-state index contributed by atoms with van der Waals surface area (Å²) in [6.45, 7) is 4.99. The quantitative estimate of drug-likeness (QED) is 0.772. The monoisotopic (exact) mass is 226 g/mol. The van der Waals surface area contributed by atoms with E-state index in [1.54, 1.807) is 0 Å². The first-order chi connectivity index (χ1) is 7.63. The van der Waals surface area contributed by atoms with E-state index in [0.717, 1.165) is 38.9 Å². The van der Waals surface area contributed by atoms with Crippen LogP contribution in [0.15, 0.2) is 0 Å². The Morgan fingerprint density at radius 3 is 2.62 bits per heavy atom. The number of hydrogen-bond acceptors (Lipinski definition) is 3. The van der Waals surface area contributed by atoms with E-state index in [-0.39, 0.29) is 6.04 Å². The maximum absolute atomic E-state index is 11.3. The molecule has 0 bridgehead atoms. The highest BCUT2D eigenvalue weighted by atomic mass is 16.4. The second-order valence-electron chi connectivity index (χ2n) is 5.16. The molecule has 2 fully saturated rings. The van der Waals surface area contributed by atoms with Gasteiger partial charge in [-0.2, -0.15) is 0 Å². The van der Waals surface area contributed by atoms with Crippen molar-refractivity contribution in [2.45, 2.75) is 38.3 Å². The van der Waals surface area contributed by atoms with Crippen molar-refractivity contribution in [1.82, 2.24) is 9.80 Å². The molecule has 4 nitrogen and oxygen atoms in total.